The normalized spacial score (nSPS) is 46.4. The van der Waals surface area contributed by atoms with E-state index in [9.17, 15) is 15.3 Å². The average molecular weight is 192 g/mol. The highest BCUT2D eigenvalue weighted by atomic mass is 16.5. The first-order chi connectivity index (χ1) is 6.11. The summed E-state index contributed by atoms with van der Waals surface area (Å²) in [6, 6.07) is 0. The van der Waals surface area contributed by atoms with Crippen LogP contribution in [0.3, 0.4) is 0 Å². The number of aliphatic hydroxyl groups is 4. The molecule has 1 aliphatic heterocycles. The SMILES string of the molecule is CC[C@@H]1OC(CO)[C@@H](O)C(O)[C@@H]1O. The molecule has 13 heavy (non-hydrogen) atoms. The molecule has 0 aromatic rings. The lowest BCUT2D eigenvalue weighted by molar-refractivity contribution is -0.229. The van der Waals surface area contributed by atoms with Crippen molar-refractivity contribution in [3.63, 3.8) is 0 Å². The summed E-state index contributed by atoms with van der Waals surface area (Å²) < 4.78 is 5.17. The highest BCUT2D eigenvalue weighted by molar-refractivity contribution is 4.91. The van der Waals surface area contributed by atoms with E-state index in [-0.39, 0.29) is 6.61 Å². The van der Waals surface area contributed by atoms with Crippen LogP contribution in [-0.2, 0) is 4.74 Å². The standard InChI is InChI=1S/C8H16O5/c1-2-4-6(10)8(12)7(11)5(3-9)13-4/h4-12H,2-3H2,1H3/t4-,5?,6+,7+,8?/m0/s1. The average Bonchev–Trinajstić information content (AvgIpc) is 2.15. The van der Waals surface area contributed by atoms with Crippen molar-refractivity contribution in [1.29, 1.82) is 0 Å². The van der Waals surface area contributed by atoms with Gasteiger partial charge in [0.05, 0.1) is 12.7 Å². The smallest absolute Gasteiger partial charge is 0.111 e. The lowest BCUT2D eigenvalue weighted by Crippen LogP contribution is -2.58. The third-order valence-electron chi connectivity index (χ3n) is 2.39. The van der Waals surface area contributed by atoms with Gasteiger partial charge in [-0.15, -0.1) is 0 Å². The van der Waals surface area contributed by atoms with Gasteiger partial charge in [0.25, 0.3) is 0 Å². The van der Waals surface area contributed by atoms with Gasteiger partial charge in [-0.3, -0.25) is 0 Å². The number of rotatable bonds is 2. The van der Waals surface area contributed by atoms with Crippen LogP contribution in [-0.4, -0.2) is 57.6 Å². The predicted octanol–water partition coefficient (Wildman–Crippen LogP) is -1.76. The zero-order valence-corrected chi connectivity index (χ0v) is 7.50. The molecule has 1 aliphatic rings. The van der Waals surface area contributed by atoms with Crippen LogP contribution in [0.15, 0.2) is 0 Å². The number of hydrogen-bond acceptors (Lipinski definition) is 5. The van der Waals surface area contributed by atoms with Gasteiger partial charge in [0.2, 0.25) is 0 Å². The van der Waals surface area contributed by atoms with Crippen LogP contribution in [0.5, 0.6) is 0 Å². The van der Waals surface area contributed by atoms with Crippen molar-refractivity contribution in [1.82, 2.24) is 0 Å². The Morgan fingerprint density at radius 1 is 1.00 bits per heavy atom. The number of hydrogen-bond donors (Lipinski definition) is 4. The van der Waals surface area contributed by atoms with Crippen LogP contribution in [0.1, 0.15) is 13.3 Å². The van der Waals surface area contributed by atoms with E-state index in [2.05, 4.69) is 0 Å². The fourth-order valence-corrected chi connectivity index (χ4v) is 1.52. The molecule has 0 amide bonds. The third kappa shape index (κ3) is 2.00. The minimum absolute atomic E-state index is 0.360. The Kier molecular flexibility index (Phi) is 3.63. The van der Waals surface area contributed by atoms with Gasteiger partial charge in [0.15, 0.2) is 0 Å². The Bertz CT molecular complexity index is 143. The van der Waals surface area contributed by atoms with Crippen molar-refractivity contribution in [2.75, 3.05) is 6.61 Å². The summed E-state index contributed by atoms with van der Waals surface area (Å²) in [6.45, 7) is 1.44. The molecule has 0 radical (unpaired) electrons. The van der Waals surface area contributed by atoms with E-state index < -0.39 is 30.5 Å². The Morgan fingerprint density at radius 3 is 2.00 bits per heavy atom. The predicted molar refractivity (Wildman–Crippen MR) is 44.1 cm³/mol. The van der Waals surface area contributed by atoms with Crippen LogP contribution in [0.4, 0.5) is 0 Å². The molecule has 1 heterocycles. The Morgan fingerprint density at radius 2 is 1.54 bits per heavy atom. The zero-order chi connectivity index (χ0) is 10.0. The van der Waals surface area contributed by atoms with Crippen LogP contribution < -0.4 is 0 Å². The minimum atomic E-state index is -1.24. The second-order valence-electron chi connectivity index (χ2n) is 3.28. The van der Waals surface area contributed by atoms with Gasteiger partial charge < -0.3 is 25.2 Å². The summed E-state index contributed by atoms with van der Waals surface area (Å²) in [6.07, 6.45) is -4.33. The molecule has 0 bridgehead atoms. The summed E-state index contributed by atoms with van der Waals surface area (Å²) in [5.74, 6) is 0. The summed E-state index contributed by atoms with van der Waals surface area (Å²) in [4.78, 5) is 0. The molecule has 0 aliphatic carbocycles. The molecule has 2 unspecified atom stereocenters. The van der Waals surface area contributed by atoms with Crippen molar-refractivity contribution < 1.29 is 25.2 Å². The van der Waals surface area contributed by atoms with Gasteiger partial charge in [-0.1, -0.05) is 6.92 Å². The van der Waals surface area contributed by atoms with Crippen molar-refractivity contribution in [3.05, 3.63) is 0 Å². The van der Waals surface area contributed by atoms with E-state index in [0.717, 1.165) is 0 Å². The molecular weight excluding hydrogens is 176 g/mol. The molecule has 78 valence electrons. The van der Waals surface area contributed by atoms with E-state index in [4.69, 9.17) is 9.84 Å². The van der Waals surface area contributed by atoms with Gasteiger partial charge in [-0.05, 0) is 6.42 Å². The lowest BCUT2D eigenvalue weighted by atomic mass is 9.94. The third-order valence-corrected chi connectivity index (χ3v) is 2.39. The van der Waals surface area contributed by atoms with Gasteiger partial charge in [0, 0.05) is 0 Å². The molecule has 1 fully saturated rings. The van der Waals surface area contributed by atoms with E-state index in [1.165, 1.54) is 0 Å². The molecule has 5 heteroatoms. The fraction of sp³-hybridized carbons (Fsp3) is 1.00. The van der Waals surface area contributed by atoms with Crippen molar-refractivity contribution in [2.24, 2.45) is 0 Å². The van der Waals surface area contributed by atoms with Crippen LogP contribution in [0.25, 0.3) is 0 Å². The van der Waals surface area contributed by atoms with Crippen LogP contribution in [0.2, 0.25) is 0 Å². The first kappa shape index (κ1) is 10.9. The molecule has 5 nitrogen and oxygen atoms in total. The first-order valence-electron chi connectivity index (χ1n) is 4.42. The maximum Gasteiger partial charge on any atom is 0.111 e. The van der Waals surface area contributed by atoms with E-state index in [1.807, 2.05) is 0 Å². The molecule has 0 saturated carbocycles. The zero-order valence-electron chi connectivity index (χ0n) is 7.50. The minimum Gasteiger partial charge on any atom is -0.394 e. The maximum absolute atomic E-state index is 9.40. The molecule has 0 aromatic carbocycles. The van der Waals surface area contributed by atoms with E-state index in [1.54, 1.807) is 6.92 Å². The first-order valence-corrected chi connectivity index (χ1v) is 4.42. The van der Waals surface area contributed by atoms with Crippen molar-refractivity contribution in [3.8, 4) is 0 Å². The summed E-state index contributed by atoms with van der Waals surface area (Å²) in [5.41, 5.74) is 0. The summed E-state index contributed by atoms with van der Waals surface area (Å²) in [7, 11) is 0. The fourth-order valence-electron chi connectivity index (χ4n) is 1.52. The topological polar surface area (TPSA) is 90.2 Å². The molecule has 0 spiro atoms. The largest absolute Gasteiger partial charge is 0.394 e. The molecule has 1 saturated heterocycles. The Hall–Kier alpha value is -0.200. The molecule has 1 rings (SSSR count). The Balaban J connectivity index is 2.66. The summed E-state index contributed by atoms with van der Waals surface area (Å²) in [5, 5.41) is 36.9. The van der Waals surface area contributed by atoms with Crippen molar-refractivity contribution >= 4 is 0 Å². The van der Waals surface area contributed by atoms with E-state index in [0.29, 0.717) is 6.42 Å². The highest BCUT2D eigenvalue weighted by Crippen LogP contribution is 2.22. The Labute approximate surface area is 76.6 Å². The van der Waals surface area contributed by atoms with Gasteiger partial charge in [0.1, 0.15) is 24.4 Å². The van der Waals surface area contributed by atoms with Crippen LogP contribution >= 0.6 is 0 Å². The maximum atomic E-state index is 9.40. The lowest BCUT2D eigenvalue weighted by Gasteiger charge is -2.39. The summed E-state index contributed by atoms with van der Waals surface area (Å²) >= 11 is 0. The van der Waals surface area contributed by atoms with Gasteiger partial charge >= 0.3 is 0 Å². The molecule has 4 N–H and O–H groups in total. The number of aliphatic hydroxyl groups excluding tert-OH is 4. The second kappa shape index (κ2) is 4.34. The second-order valence-corrected chi connectivity index (χ2v) is 3.28. The number of ether oxygens (including phenoxy) is 1. The van der Waals surface area contributed by atoms with E-state index >= 15 is 0 Å². The highest BCUT2D eigenvalue weighted by Gasteiger charge is 2.42. The molecule has 0 aromatic heterocycles. The molecule has 5 atom stereocenters. The quantitative estimate of drug-likeness (QED) is 0.416. The van der Waals surface area contributed by atoms with Gasteiger partial charge in [-0.2, -0.15) is 0 Å². The van der Waals surface area contributed by atoms with Gasteiger partial charge in [-0.25, -0.2) is 0 Å². The monoisotopic (exact) mass is 192 g/mol. The van der Waals surface area contributed by atoms with Crippen LogP contribution in [0, 0.1) is 0 Å². The molecular formula is C8H16O5. The van der Waals surface area contributed by atoms with Crippen molar-refractivity contribution in [2.45, 2.75) is 43.9 Å².